The molecule has 0 spiro atoms. The van der Waals surface area contributed by atoms with Crippen molar-refractivity contribution in [1.82, 2.24) is 9.88 Å². The number of methoxy groups -OCH3 is 1. The van der Waals surface area contributed by atoms with E-state index in [1.807, 2.05) is 36.0 Å². The molecule has 1 amide bonds. The fourth-order valence-corrected chi connectivity index (χ4v) is 2.51. The largest absolute Gasteiger partial charge is 0.375 e. The van der Waals surface area contributed by atoms with Crippen LogP contribution >= 0.6 is 0 Å². The molecule has 0 bridgehead atoms. The molecular weight excluding hydrogens is 216 g/mol. The first-order valence-electron chi connectivity index (χ1n) is 5.61. The Morgan fingerprint density at radius 1 is 1.47 bits per heavy atom. The van der Waals surface area contributed by atoms with Crippen molar-refractivity contribution in [2.75, 3.05) is 13.7 Å². The van der Waals surface area contributed by atoms with Crippen molar-refractivity contribution in [3.63, 3.8) is 0 Å². The molecule has 0 fully saturated rings. The molecule has 1 aliphatic heterocycles. The van der Waals surface area contributed by atoms with Gasteiger partial charge in [-0.3, -0.25) is 4.79 Å². The predicted molar refractivity (Wildman–Crippen MR) is 65.0 cm³/mol. The summed E-state index contributed by atoms with van der Waals surface area (Å²) in [5.41, 5.74) is 2.88. The molecule has 1 aromatic heterocycles. The first kappa shape index (κ1) is 10.4. The van der Waals surface area contributed by atoms with E-state index in [1.165, 1.54) is 0 Å². The fraction of sp³-hybridized carbons (Fsp3) is 0.308. The van der Waals surface area contributed by atoms with Gasteiger partial charge in [-0.1, -0.05) is 6.07 Å². The third-order valence-corrected chi connectivity index (χ3v) is 3.37. The predicted octanol–water partition coefficient (Wildman–Crippen LogP) is 1.61. The van der Waals surface area contributed by atoms with Crippen molar-refractivity contribution in [2.45, 2.75) is 6.10 Å². The van der Waals surface area contributed by atoms with Gasteiger partial charge in [0.1, 0.15) is 6.10 Å². The van der Waals surface area contributed by atoms with Crippen LogP contribution in [-0.4, -0.2) is 24.1 Å². The molecular formula is C13H14N2O2. The average Bonchev–Trinajstić information content (AvgIpc) is 2.60. The molecule has 4 heteroatoms. The van der Waals surface area contributed by atoms with Crippen molar-refractivity contribution in [3.8, 4) is 0 Å². The number of rotatable bonds is 1. The molecule has 4 nitrogen and oxygen atoms in total. The summed E-state index contributed by atoms with van der Waals surface area (Å²) in [5, 5.41) is 3.90. The highest BCUT2D eigenvalue weighted by molar-refractivity contribution is 6.08. The number of nitrogens with zero attached hydrogens (tertiary/aromatic N) is 1. The lowest BCUT2D eigenvalue weighted by atomic mass is 10.0. The second-order valence-electron chi connectivity index (χ2n) is 4.33. The van der Waals surface area contributed by atoms with Crippen LogP contribution in [0.3, 0.4) is 0 Å². The van der Waals surface area contributed by atoms with Gasteiger partial charge in [0.2, 0.25) is 0 Å². The van der Waals surface area contributed by atoms with Crippen LogP contribution in [-0.2, 0) is 11.8 Å². The van der Waals surface area contributed by atoms with Crippen molar-refractivity contribution in [3.05, 3.63) is 35.5 Å². The third kappa shape index (κ3) is 1.37. The number of hydrogen-bond acceptors (Lipinski definition) is 2. The SMILES string of the molecule is COC1CNC(=O)c2cccc3c2c1cn3C. The summed E-state index contributed by atoms with van der Waals surface area (Å²) < 4.78 is 7.49. The van der Waals surface area contributed by atoms with Crippen LogP contribution in [0.5, 0.6) is 0 Å². The quantitative estimate of drug-likeness (QED) is 0.808. The molecule has 2 heterocycles. The summed E-state index contributed by atoms with van der Waals surface area (Å²) in [4.78, 5) is 12.0. The zero-order valence-electron chi connectivity index (χ0n) is 9.86. The Bertz CT molecular complexity index is 601. The van der Waals surface area contributed by atoms with Gasteiger partial charge in [0.05, 0.1) is 0 Å². The normalized spacial score (nSPS) is 19.2. The summed E-state index contributed by atoms with van der Waals surface area (Å²) in [6.07, 6.45) is 1.97. The van der Waals surface area contributed by atoms with E-state index in [1.54, 1.807) is 7.11 Å². The van der Waals surface area contributed by atoms with Gasteiger partial charge < -0.3 is 14.6 Å². The maximum atomic E-state index is 12.0. The molecule has 1 atom stereocenters. The number of ether oxygens (including phenoxy) is 1. The summed E-state index contributed by atoms with van der Waals surface area (Å²) in [6.45, 7) is 0.517. The zero-order chi connectivity index (χ0) is 12.0. The summed E-state index contributed by atoms with van der Waals surface area (Å²) >= 11 is 0. The Hall–Kier alpha value is -1.81. The first-order chi connectivity index (χ1) is 8.22. The molecule has 0 radical (unpaired) electrons. The fourth-order valence-electron chi connectivity index (χ4n) is 2.51. The minimum Gasteiger partial charge on any atom is -0.375 e. The van der Waals surface area contributed by atoms with Crippen molar-refractivity contribution in [2.24, 2.45) is 7.05 Å². The maximum Gasteiger partial charge on any atom is 0.252 e. The van der Waals surface area contributed by atoms with Gasteiger partial charge in [-0.2, -0.15) is 0 Å². The molecule has 88 valence electrons. The molecule has 2 aromatic rings. The second kappa shape index (κ2) is 3.60. The van der Waals surface area contributed by atoms with Gasteiger partial charge in [-0.15, -0.1) is 0 Å². The topological polar surface area (TPSA) is 43.3 Å². The van der Waals surface area contributed by atoms with Gasteiger partial charge >= 0.3 is 0 Å². The second-order valence-corrected chi connectivity index (χ2v) is 4.33. The molecule has 1 aliphatic rings. The number of hydrogen-bond donors (Lipinski definition) is 1. The first-order valence-corrected chi connectivity index (χ1v) is 5.61. The van der Waals surface area contributed by atoms with Crippen molar-refractivity contribution < 1.29 is 9.53 Å². The Balaban J connectivity index is 2.40. The van der Waals surface area contributed by atoms with E-state index in [9.17, 15) is 4.79 Å². The van der Waals surface area contributed by atoms with E-state index in [4.69, 9.17) is 4.74 Å². The van der Waals surface area contributed by atoms with Gasteiger partial charge in [0.15, 0.2) is 0 Å². The van der Waals surface area contributed by atoms with Gasteiger partial charge in [-0.25, -0.2) is 0 Å². The van der Waals surface area contributed by atoms with Crippen LogP contribution < -0.4 is 5.32 Å². The van der Waals surface area contributed by atoms with Crippen molar-refractivity contribution >= 4 is 16.8 Å². The number of amides is 1. The van der Waals surface area contributed by atoms with E-state index < -0.39 is 0 Å². The molecule has 17 heavy (non-hydrogen) atoms. The number of nitrogens with one attached hydrogen (secondary N) is 1. The van der Waals surface area contributed by atoms with Crippen LogP contribution in [0, 0.1) is 0 Å². The van der Waals surface area contributed by atoms with E-state index >= 15 is 0 Å². The molecule has 3 rings (SSSR count). The number of carbonyl (C=O) groups is 1. The highest BCUT2D eigenvalue weighted by atomic mass is 16.5. The molecule has 1 aromatic carbocycles. The number of benzene rings is 1. The van der Waals surface area contributed by atoms with E-state index in [2.05, 4.69) is 5.32 Å². The molecule has 1 N–H and O–H groups in total. The minimum absolute atomic E-state index is 0.0254. The Morgan fingerprint density at radius 3 is 3.06 bits per heavy atom. The lowest BCUT2D eigenvalue weighted by Gasteiger charge is -2.12. The Labute approximate surface area is 99.2 Å². The van der Waals surface area contributed by atoms with Crippen LogP contribution in [0.25, 0.3) is 10.9 Å². The highest BCUT2D eigenvalue weighted by Gasteiger charge is 2.25. The lowest BCUT2D eigenvalue weighted by molar-refractivity contribution is 0.0847. The zero-order valence-corrected chi connectivity index (χ0v) is 9.86. The maximum absolute atomic E-state index is 12.0. The lowest BCUT2D eigenvalue weighted by Crippen LogP contribution is -2.26. The van der Waals surface area contributed by atoms with Crippen LogP contribution in [0.2, 0.25) is 0 Å². The standard InChI is InChI=1S/C13H14N2O2/c1-15-7-9-11(17-2)6-14-13(16)8-4-3-5-10(15)12(8)9/h3-5,7,11H,6H2,1-2H3,(H,14,16). The summed E-state index contributed by atoms with van der Waals surface area (Å²) in [5.74, 6) is -0.0254. The average molecular weight is 230 g/mol. The van der Waals surface area contributed by atoms with Gasteiger partial charge in [0, 0.05) is 48.9 Å². The minimum atomic E-state index is -0.0775. The van der Waals surface area contributed by atoms with E-state index in [-0.39, 0.29) is 12.0 Å². The molecule has 0 aliphatic carbocycles. The van der Waals surface area contributed by atoms with Gasteiger partial charge in [-0.05, 0) is 12.1 Å². The van der Waals surface area contributed by atoms with E-state index in [0.717, 1.165) is 22.0 Å². The highest BCUT2D eigenvalue weighted by Crippen LogP contribution is 2.32. The van der Waals surface area contributed by atoms with Crippen LogP contribution in [0.15, 0.2) is 24.4 Å². The molecule has 1 unspecified atom stereocenters. The van der Waals surface area contributed by atoms with Crippen LogP contribution in [0.1, 0.15) is 22.0 Å². The smallest absolute Gasteiger partial charge is 0.252 e. The Kier molecular flexibility index (Phi) is 2.19. The third-order valence-electron chi connectivity index (χ3n) is 3.37. The monoisotopic (exact) mass is 230 g/mol. The molecule has 0 saturated heterocycles. The van der Waals surface area contributed by atoms with Crippen LogP contribution in [0.4, 0.5) is 0 Å². The summed E-state index contributed by atoms with van der Waals surface area (Å²) in [7, 11) is 3.66. The van der Waals surface area contributed by atoms with Crippen molar-refractivity contribution in [1.29, 1.82) is 0 Å². The summed E-state index contributed by atoms with van der Waals surface area (Å²) in [6, 6.07) is 5.79. The molecule has 0 saturated carbocycles. The Morgan fingerprint density at radius 2 is 2.29 bits per heavy atom. The van der Waals surface area contributed by atoms with E-state index in [0.29, 0.717) is 6.54 Å². The van der Waals surface area contributed by atoms with Gasteiger partial charge in [0.25, 0.3) is 5.91 Å². The number of carbonyl (C=O) groups excluding carboxylic acids is 1. The number of aryl methyl sites for hydroxylation is 1. The number of aromatic nitrogens is 1.